The second kappa shape index (κ2) is 11.4. The van der Waals surface area contributed by atoms with Crippen molar-refractivity contribution in [1.82, 2.24) is 0 Å². The van der Waals surface area contributed by atoms with E-state index in [2.05, 4.69) is 5.32 Å². The highest BCUT2D eigenvalue weighted by Gasteiger charge is 2.37. The maximum Gasteiger partial charge on any atom is 0.337 e. The topological polar surface area (TPSA) is 105 Å². The summed E-state index contributed by atoms with van der Waals surface area (Å²) >= 11 is 0. The predicted molar refractivity (Wildman–Crippen MR) is 162 cm³/mol. The van der Waals surface area contributed by atoms with Crippen LogP contribution in [0.15, 0.2) is 36.4 Å². The van der Waals surface area contributed by atoms with E-state index in [0.29, 0.717) is 65.2 Å². The Bertz CT molecular complexity index is 1640. The molecule has 3 aromatic carbocycles. The van der Waals surface area contributed by atoms with Gasteiger partial charge in [0.1, 0.15) is 0 Å². The first-order chi connectivity index (χ1) is 20.3. The van der Waals surface area contributed by atoms with Crippen molar-refractivity contribution in [3.05, 3.63) is 75.6 Å². The summed E-state index contributed by atoms with van der Waals surface area (Å²) in [4.78, 5) is 39.9. The van der Waals surface area contributed by atoms with E-state index in [1.54, 1.807) is 56.9 Å². The van der Waals surface area contributed by atoms with Crippen LogP contribution in [0.2, 0.25) is 0 Å². The van der Waals surface area contributed by atoms with Crippen molar-refractivity contribution in [2.75, 3.05) is 23.4 Å². The van der Waals surface area contributed by atoms with Gasteiger partial charge in [-0.1, -0.05) is 6.07 Å². The summed E-state index contributed by atoms with van der Waals surface area (Å²) in [6.07, 6.45) is 0.506. The Hall–Kier alpha value is -4.24. The number of carbonyl (C=O) groups excluding carboxylic acids is 2. The van der Waals surface area contributed by atoms with Gasteiger partial charge in [0, 0.05) is 41.5 Å². The number of amides is 2. The minimum Gasteiger partial charge on any atom is -0.490 e. The highest BCUT2D eigenvalue weighted by molar-refractivity contribution is 6.09. The number of carboxylic acid groups (broad SMARTS) is 1. The fourth-order valence-corrected chi connectivity index (χ4v) is 6.15. The molecule has 1 atom stereocenters. The van der Waals surface area contributed by atoms with Gasteiger partial charge < -0.3 is 24.8 Å². The minimum atomic E-state index is -1.32. The van der Waals surface area contributed by atoms with Gasteiger partial charge in [-0.05, 0) is 112 Å². The van der Waals surface area contributed by atoms with Crippen LogP contribution in [0.4, 0.5) is 15.8 Å². The van der Waals surface area contributed by atoms with Gasteiger partial charge in [-0.2, -0.15) is 0 Å². The lowest BCUT2D eigenvalue weighted by molar-refractivity contribution is -0.160. The third kappa shape index (κ3) is 5.86. The van der Waals surface area contributed by atoms with Crippen LogP contribution in [-0.2, 0) is 27.2 Å². The second-order valence-electron chi connectivity index (χ2n) is 12.2. The lowest BCUT2D eigenvalue weighted by atomic mass is 9.83. The van der Waals surface area contributed by atoms with Crippen LogP contribution in [0.25, 0.3) is 11.1 Å². The molecule has 0 radical (unpaired) electrons. The number of aryl methyl sites for hydroxylation is 1. The zero-order valence-corrected chi connectivity index (χ0v) is 25.4. The number of halogens is 1. The lowest BCUT2D eigenvalue weighted by Gasteiger charge is -2.30. The largest absolute Gasteiger partial charge is 0.490 e. The Morgan fingerprint density at radius 3 is 2.51 bits per heavy atom. The molecule has 8 nitrogen and oxygen atoms in total. The van der Waals surface area contributed by atoms with Crippen LogP contribution < -0.4 is 15.0 Å². The third-order valence-electron chi connectivity index (χ3n) is 7.87. The first-order valence-corrected chi connectivity index (χ1v) is 14.5. The number of anilines is 2. The molecule has 2 aliphatic heterocycles. The zero-order chi connectivity index (χ0) is 31.2. The molecule has 2 heterocycles. The average molecular weight is 589 g/mol. The van der Waals surface area contributed by atoms with E-state index in [-0.39, 0.29) is 17.6 Å². The standard InChI is InChI=1S/C34H37FN2O6/c1-18-15-27-24(12-13-37(27)32(39)21-9-7-10-22(16-21)36-20(3)38)29(28(18)31(33(40)41)43-34(4,5)6)25-17-26(35)30-23(19(25)2)11-8-14-42-30/h7,9-10,15-17,31H,8,11-14H2,1-6H3,(H,36,38)(H,40,41)/t31-/m0/s1. The molecule has 0 spiro atoms. The molecular formula is C34H37FN2O6. The fourth-order valence-electron chi connectivity index (χ4n) is 6.15. The molecule has 0 saturated carbocycles. The highest BCUT2D eigenvalue weighted by atomic mass is 19.1. The van der Waals surface area contributed by atoms with E-state index >= 15 is 4.39 Å². The minimum absolute atomic E-state index is 0.243. The van der Waals surface area contributed by atoms with Gasteiger partial charge in [0.15, 0.2) is 17.7 Å². The number of ether oxygens (including phenoxy) is 2. The Morgan fingerprint density at radius 1 is 1.09 bits per heavy atom. The van der Waals surface area contributed by atoms with E-state index < -0.39 is 23.5 Å². The normalized spacial score (nSPS) is 14.9. The number of fused-ring (bicyclic) bond motifs is 2. The zero-order valence-electron chi connectivity index (χ0n) is 25.4. The quantitative estimate of drug-likeness (QED) is 0.339. The van der Waals surface area contributed by atoms with E-state index in [9.17, 15) is 19.5 Å². The van der Waals surface area contributed by atoms with Gasteiger partial charge >= 0.3 is 5.97 Å². The number of rotatable bonds is 6. The van der Waals surface area contributed by atoms with Gasteiger partial charge in [-0.25, -0.2) is 9.18 Å². The number of carboxylic acids is 1. The van der Waals surface area contributed by atoms with Crippen molar-refractivity contribution in [3.8, 4) is 16.9 Å². The summed E-state index contributed by atoms with van der Waals surface area (Å²) in [5, 5.41) is 13.1. The second-order valence-corrected chi connectivity index (χ2v) is 12.2. The molecule has 3 aromatic rings. The number of aliphatic carboxylic acids is 1. The first-order valence-electron chi connectivity index (χ1n) is 14.5. The van der Waals surface area contributed by atoms with Gasteiger partial charge in [-0.3, -0.25) is 9.59 Å². The van der Waals surface area contributed by atoms with Crippen LogP contribution >= 0.6 is 0 Å². The van der Waals surface area contributed by atoms with Crippen LogP contribution in [-0.4, -0.2) is 41.6 Å². The maximum atomic E-state index is 15.6. The number of carbonyl (C=O) groups is 3. The van der Waals surface area contributed by atoms with Crippen LogP contribution in [0.1, 0.15) is 78.4 Å². The van der Waals surface area contributed by atoms with Gasteiger partial charge in [-0.15, -0.1) is 0 Å². The molecule has 0 aromatic heterocycles. The Labute approximate surface area is 250 Å². The molecule has 0 unspecified atom stereocenters. The first kappa shape index (κ1) is 30.2. The van der Waals surface area contributed by atoms with Crippen LogP contribution in [0.5, 0.6) is 5.75 Å². The highest BCUT2D eigenvalue weighted by Crippen LogP contribution is 2.48. The molecule has 2 aliphatic rings. The Kier molecular flexibility index (Phi) is 8.05. The fraction of sp³-hybridized carbons (Fsp3) is 0.382. The predicted octanol–water partition coefficient (Wildman–Crippen LogP) is 6.54. The summed E-state index contributed by atoms with van der Waals surface area (Å²) in [6.45, 7) is 11.3. The Morgan fingerprint density at radius 2 is 1.84 bits per heavy atom. The van der Waals surface area contributed by atoms with E-state index in [1.165, 1.54) is 13.0 Å². The number of hydrogen-bond donors (Lipinski definition) is 2. The number of benzene rings is 3. The third-order valence-corrected chi connectivity index (χ3v) is 7.87. The van der Waals surface area contributed by atoms with Crippen molar-refractivity contribution < 1.29 is 33.4 Å². The molecule has 0 fully saturated rings. The summed E-state index contributed by atoms with van der Waals surface area (Å²) < 4.78 is 27.4. The van der Waals surface area contributed by atoms with E-state index in [4.69, 9.17) is 9.47 Å². The van der Waals surface area contributed by atoms with Crippen molar-refractivity contribution in [3.63, 3.8) is 0 Å². The maximum absolute atomic E-state index is 15.6. The van der Waals surface area contributed by atoms with E-state index in [0.717, 1.165) is 23.1 Å². The van der Waals surface area contributed by atoms with Gasteiger partial charge in [0.25, 0.3) is 5.91 Å². The van der Waals surface area contributed by atoms with Crippen LogP contribution in [0.3, 0.4) is 0 Å². The Balaban J connectivity index is 1.73. The molecule has 2 N–H and O–H groups in total. The van der Waals surface area contributed by atoms with Crippen molar-refractivity contribution >= 4 is 29.2 Å². The molecule has 9 heteroatoms. The summed E-state index contributed by atoms with van der Waals surface area (Å²) in [6, 6.07) is 9.99. The van der Waals surface area contributed by atoms with Crippen molar-refractivity contribution in [1.29, 1.82) is 0 Å². The van der Waals surface area contributed by atoms with E-state index in [1.807, 2.05) is 13.0 Å². The molecule has 5 rings (SSSR count). The molecule has 226 valence electrons. The molecule has 2 amide bonds. The smallest absolute Gasteiger partial charge is 0.337 e. The van der Waals surface area contributed by atoms with Crippen LogP contribution in [0, 0.1) is 19.7 Å². The number of hydrogen-bond acceptors (Lipinski definition) is 5. The number of nitrogens with zero attached hydrogens (tertiary/aromatic N) is 1. The number of nitrogens with one attached hydrogen (secondary N) is 1. The van der Waals surface area contributed by atoms with Crippen molar-refractivity contribution in [2.24, 2.45) is 0 Å². The molecule has 0 aliphatic carbocycles. The van der Waals surface area contributed by atoms with Gasteiger partial charge in [0.2, 0.25) is 5.91 Å². The summed E-state index contributed by atoms with van der Waals surface area (Å²) in [5.41, 5.74) is 5.33. The molecule has 0 saturated heterocycles. The molecule has 43 heavy (non-hydrogen) atoms. The molecular weight excluding hydrogens is 551 g/mol. The summed E-state index contributed by atoms with van der Waals surface area (Å²) in [5.74, 6) is -1.91. The SMILES string of the molecule is CC(=O)Nc1cccc(C(=O)N2CCc3c2cc(C)c([C@H](OC(C)(C)C)C(=O)O)c3-c2cc(F)c3c(c2C)CCCO3)c1. The monoisotopic (exact) mass is 588 g/mol. The van der Waals surface area contributed by atoms with Gasteiger partial charge in [0.05, 0.1) is 12.2 Å². The van der Waals surface area contributed by atoms with Crippen molar-refractivity contribution in [2.45, 2.75) is 72.5 Å². The molecule has 0 bridgehead atoms. The lowest BCUT2D eigenvalue weighted by Crippen LogP contribution is -2.30. The average Bonchev–Trinajstić information content (AvgIpc) is 3.35. The summed E-state index contributed by atoms with van der Waals surface area (Å²) in [7, 11) is 0.